The van der Waals surface area contributed by atoms with Gasteiger partial charge in [0.05, 0.1) is 14.2 Å². The molecule has 1 rings (SSSR count). The Morgan fingerprint density at radius 2 is 1.78 bits per heavy atom. The largest absolute Gasteiger partial charge is 0.493 e. The van der Waals surface area contributed by atoms with Crippen LogP contribution in [0.25, 0.3) is 0 Å². The first-order chi connectivity index (χ1) is 10.9. The lowest BCUT2D eigenvalue weighted by Gasteiger charge is -2.26. The van der Waals surface area contributed by atoms with E-state index in [0.717, 1.165) is 18.4 Å². The highest BCUT2D eigenvalue weighted by Gasteiger charge is 2.23. The van der Waals surface area contributed by atoms with Crippen molar-refractivity contribution >= 4 is 5.91 Å². The van der Waals surface area contributed by atoms with Gasteiger partial charge in [-0.05, 0) is 30.5 Å². The molecule has 0 saturated heterocycles. The number of hydrogen-bond acceptors (Lipinski definition) is 4. The summed E-state index contributed by atoms with van der Waals surface area (Å²) in [6.45, 7) is 5.47. The van der Waals surface area contributed by atoms with Gasteiger partial charge in [0.1, 0.15) is 0 Å². The quantitative estimate of drug-likeness (QED) is 0.673. The first kappa shape index (κ1) is 19.3. The summed E-state index contributed by atoms with van der Waals surface area (Å²) in [4.78, 5) is 11.9. The Morgan fingerprint density at radius 1 is 1.09 bits per heavy atom. The van der Waals surface area contributed by atoms with Crippen molar-refractivity contribution in [1.29, 1.82) is 0 Å². The molecule has 0 atom stereocenters. The number of rotatable bonds is 10. The second kappa shape index (κ2) is 9.40. The van der Waals surface area contributed by atoms with Gasteiger partial charge in [-0.15, -0.1) is 0 Å². The van der Waals surface area contributed by atoms with Crippen LogP contribution in [-0.4, -0.2) is 40.4 Å². The number of amides is 1. The number of methoxy groups -OCH3 is 3. The van der Waals surface area contributed by atoms with Crippen molar-refractivity contribution < 1.29 is 19.0 Å². The lowest BCUT2D eigenvalue weighted by atomic mass is 9.84. The third kappa shape index (κ3) is 6.10. The van der Waals surface area contributed by atoms with Crippen molar-refractivity contribution in [2.45, 2.75) is 38.5 Å². The van der Waals surface area contributed by atoms with E-state index in [1.165, 1.54) is 0 Å². The van der Waals surface area contributed by atoms with E-state index in [2.05, 4.69) is 19.2 Å². The predicted molar refractivity (Wildman–Crippen MR) is 91.3 cm³/mol. The van der Waals surface area contributed by atoms with Gasteiger partial charge in [0.15, 0.2) is 11.5 Å². The summed E-state index contributed by atoms with van der Waals surface area (Å²) in [5.41, 5.74) is 0.900. The summed E-state index contributed by atoms with van der Waals surface area (Å²) >= 11 is 0. The van der Waals surface area contributed by atoms with E-state index in [-0.39, 0.29) is 11.3 Å². The summed E-state index contributed by atoms with van der Waals surface area (Å²) in [5, 5.41) is 3.01. The Bertz CT molecular complexity index is 500. The van der Waals surface area contributed by atoms with Crippen LogP contribution < -0.4 is 14.8 Å². The number of ether oxygens (including phenoxy) is 3. The monoisotopic (exact) mass is 323 g/mol. The minimum atomic E-state index is -0.193. The SMILES string of the molecule is COCCCCC(=O)NCC(C)(C)c1ccc(OC)c(OC)c1. The molecule has 0 heterocycles. The van der Waals surface area contributed by atoms with Crippen LogP contribution in [-0.2, 0) is 14.9 Å². The van der Waals surface area contributed by atoms with E-state index in [4.69, 9.17) is 14.2 Å². The average Bonchev–Trinajstić information content (AvgIpc) is 2.56. The van der Waals surface area contributed by atoms with Crippen molar-refractivity contribution in [3.63, 3.8) is 0 Å². The van der Waals surface area contributed by atoms with Crippen molar-refractivity contribution in [2.75, 3.05) is 34.5 Å². The minimum absolute atomic E-state index is 0.0784. The third-order valence-electron chi connectivity index (χ3n) is 3.89. The van der Waals surface area contributed by atoms with Gasteiger partial charge in [0, 0.05) is 32.1 Å². The van der Waals surface area contributed by atoms with Gasteiger partial charge in [-0.1, -0.05) is 19.9 Å². The maximum absolute atomic E-state index is 11.9. The second-order valence-corrected chi connectivity index (χ2v) is 6.18. The molecule has 0 aliphatic heterocycles. The standard InChI is InChI=1S/C18H29NO4/c1-18(2,13-19-17(20)8-6-7-11-21-3)14-9-10-15(22-4)16(12-14)23-5/h9-10,12H,6-8,11,13H2,1-5H3,(H,19,20). The molecule has 0 aliphatic carbocycles. The molecule has 0 radical (unpaired) electrons. The van der Waals surface area contributed by atoms with Gasteiger partial charge in [-0.3, -0.25) is 4.79 Å². The summed E-state index contributed by atoms with van der Waals surface area (Å²) in [6, 6.07) is 5.86. The van der Waals surface area contributed by atoms with Crippen LogP contribution in [0.2, 0.25) is 0 Å². The maximum atomic E-state index is 11.9. The topological polar surface area (TPSA) is 56.8 Å². The van der Waals surface area contributed by atoms with Gasteiger partial charge < -0.3 is 19.5 Å². The van der Waals surface area contributed by atoms with Crippen LogP contribution in [0.5, 0.6) is 11.5 Å². The normalized spacial score (nSPS) is 11.2. The van der Waals surface area contributed by atoms with Crippen molar-refractivity contribution in [2.24, 2.45) is 0 Å². The van der Waals surface area contributed by atoms with Crippen molar-refractivity contribution in [1.82, 2.24) is 5.32 Å². The summed E-state index contributed by atoms with van der Waals surface area (Å²) < 4.78 is 15.6. The van der Waals surface area contributed by atoms with Crippen LogP contribution in [0.3, 0.4) is 0 Å². The molecule has 5 nitrogen and oxygen atoms in total. The van der Waals surface area contributed by atoms with Gasteiger partial charge in [0.2, 0.25) is 5.91 Å². The van der Waals surface area contributed by atoms with E-state index in [0.29, 0.717) is 31.1 Å². The highest BCUT2D eigenvalue weighted by molar-refractivity contribution is 5.75. The fraction of sp³-hybridized carbons (Fsp3) is 0.611. The number of hydrogen-bond donors (Lipinski definition) is 1. The molecule has 130 valence electrons. The first-order valence-electron chi connectivity index (χ1n) is 7.92. The number of nitrogens with one attached hydrogen (secondary N) is 1. The Morgan fingerprint density at radius 3 is 2.39 bits per heavy atom. The van der Waals surface area contributed by atoms with Crippen LogP contribution in [0.1, 0.15) is 38.7 Å². The zero-order chi connectivity index (χ0) is 17.3. The van der Waals surface area contributed by atoms with E-state index in [1.807, 2.05) is 18.2 Å². The number of benzene rings is 1. The Hall–Kier alpha value is -1.75. The molecule has 0 spiro atoms. The highest BCUT2D eigenvalue weighted by atomic mass is 16.5. The van der Waals surface area contributed by atoms with Gasteiger partial charge in [-0.2, -0.15) is 0 Å². The zero-order valence-corrected chi connectivity index (χ0v) is 14.9. The molecule has 1 aromatic carbocycles. The molecule has 0 aliphatic rings. The number of unbranched alkanes of at least 4 members (excludes halogenated alkanes) is 1. The van der Waals surface area contributed by atoms with Crippen LogP contribution in [0.15, 0.2) is 18.2 Å². The molecule has 23 heavy (non-hydrogen) atoms. The summed E-state index contributed by atoms with van der Waals surface area (Å²) in [5.74, 6) is 1.48. The first-order valence-corrected chi connectivity index (χ1v) is 7.92. The third-order valence-corrected chi connectivity index (χ3v) is 3.89. The van der Waals surface area contributed by atoms with Gasteiger partial charge in [-0.25, -0.2) is 0 Å². The molecular weight excluding hydrogens is 294 g/mol. The lowest BCUT2D eigenvalue weighted by Crippen LogP contribution is -2.36. The summed E-state index contributed by atoms with van der Waals surface area (Å²) in [7, 11) is 4.91. The second-order valence-electron chi connectivity index (χ2n) is 6.18. The molecule has 1 N–H and O–H groups in total. The fourth-order valence-electron chi connectivity index (χ4n) is 2.30. The average molecular weight is 323 g/mol. The molecule has 0 bridgehead atoms. The van der Waals surface area contributed by atoms with Crippen LogP contribution >= 0.6 is 0 Å². The molecule has 1 aromatic rings. The Balaban J connectivity index is 2.59. The van der Waals surface area contributed by atoms with E-state index < -0.39 is 0 Å². The molecule has 0 saturated carbocycles. The molecule has 0 aromatic heterocycles. The van der Waals surface area contributed by atoms with Crippen LogP contribution in [0.4, 0.5) is 0 Å². The smallest absolute Gasteiger partial charge is 0.220 e. The molecule has 5 heteroatoms. The molecule has 0 unspecified atom stereocenters. The fourth-order valence-corrected chi connectivity index (χ4v) is 2.30. The number of carbonyl (C=O) groups excluding carboxylic acids is 1. The molecule has 0 fully saturated rings. The van der Waals surface area contributed by atoms with Gasteiger partial charge >= 0.3 is 0 Å². The van der Waals surface area contributed by atoms with Crippen molar-refractivity contribution in [3.05, 3.63) is 23.8 Å². The number of carbonyl (C=O) groups is 1. The van der Waals surface area contributed by atoms with Gasteiger partial charge in [0.25, 0.3) is 0 Å². The zero-order valence-electron chi connectivity index (χ0n) is 14.9. The summed E-state index contributed by atoms with van der Waals surface area (Å²) in [6.07, 6.45) is 2.28. The van der Waals surface area contributed by atoms with E-state index in [9.17, 15) is 4.79 Å². The molecular formula is C18H29NO4. The van der Waals surface area contributed by atoms with E-state index in [1.54, 1.807) is 21.3 Å². The Kier molecular flexibility index (Phi) is 7.89. The predicted octanol–water partition coefficient (Wildman–Crippen LogP) is 2.91. The lowest BCUT2D eigenvalue weighted by molar-refractivity contribution is -0.121. The Labute approximate surface area is 139 Å². The molecule has 1 amide bonds. The highest BCUT2D eigenvalue weighted by Crippen LogP contribution is 2.32. The van der Waals surface area contributed by atoms with Crippen LogP contribution in [0, 0.1) is 0 Å². The maximum Gasteiger partial charge on any atom is 0.220 e. The van der Waals surface area contributed by atoms with Crippen molar-refractivity contribution in [3.8, 4) is 11.5 Å². The van der Waals surface area contributed by atoms with E-state index >= 15 is 0 Å². The minimum Gasteiger partial charge on any atom is -0.493 e.